The smallest absolute Gasteiger partial charge is 0.334 e. The van der Waals surface area contributed by atoms with Crippen LogP contribution in [-0.4, -0.2) is 79.3 Å². The fourth-order valence-electron chi connectivity index (χ4n) is 1.58. The Labute approximate surface area is 104 Å². The fraction of sp³-hybridized carbons (Fsp3) is 0.700. The number of amides is 3. The Morgan fingerprint density at radius 2 is 2.17 bits per heavy atom. The number of nitrogens with zero attached hydrogens (tertiary/aromatic N) is 2. The third-order valence-electron chi connectivity index (χ3n) is 2.60. The van der Waals surface area contributed by atoms with E-state index >= 15 is 0 Å². The highest BCUT2D eigenvalue weighted by Gasteiger charge is 2.30. The van der Waals surface area contributed by atoms with E-state index in [4.69, 9.17) is 9.84 Å². The van der Waals surface area contributed by atoms with E-state index in [1.807, 2.05) is 0 Å². The first-order valence-corrected chi connectivity index (χ1v) is 5.50. The maximum absolute atomic E-state index is 11.9. The third-order valence-corrected chi connectivity index (χ3v) is 2.60. The van der Waals surface area contributed by atoms with Crippen molar-refractivity contribution in [3.63, 3.8) is 0 Å². The number of carboxylic acid groups (broad SMARTS) is 1. The van der Waals surface area contributed by atoms with E-state index in [9.17, 15) is 14.4 Å². The van der Waals surface area contributed by atoms with Crippen molar-refractivity contribution in [1.82, 2.24) is 15.1 Å². The van der Waals surface area contributed by atoms with Gasteiger partial charge >= 0.3 is 12.0 Å². The molecule has 0 aromatic heterocycles. The van der Waals surface area contributed by atoms with Crippen molar-refractivity contribution in [3.05, 3.63) is 0 Å². The van der Waals surface area contributed by atoms with Crippen LogP contribution >= 0.6 is 0 Å². The monoisotopic (exact) mass is 259 g/mol. The van der Waals surface area contributed by atoms with Crippen LogP contribution in [0.15, 0.2) is 0 Å². The number of hydrogen-bond acceptors (Lipinski definition) is 4. The maximum atomic E-state index is 11.9. The highest BCUT2D eigenvalue weighted by Crippen LogP contribution is 2.07. The standard InChI is InChI=1S/C10H17N3O5/c1-11-8(14)6-12(2)10(17)13-3-4-18-7(5-13)9(15)16/h7H,3-6H2,1-2H3,(H,11,14)(H,15,16). The second kappa shape index (κ2) is 6.20. The Bertz CT molecular complexity index is 346. The first-order chi connectivity index (χ1) is 8.45. The molecule has 3 amide bonds. The molecule has 0 radical (unpaired) electrons. The zero-order valence-electron chi connectivity index (χ0n) is 10.4. The van der Waals surface area contributed by atoms with Crippen LogP contribution in [0.1, 0.15) is 0 Å². The van der Waals surface area contributed by atoms with Crippen LogP contribution in [0, 0.1) is 0 Å². The molecule has 8 heteroatoms. The Morgan fingerprint density at radius 3 is 2.72 bits per heavy atom. The minimum absolute atomic E-state index is 0.00769. The molecular weight excluding hydrogens is 242 g/mol. The summed E-state index contributed by atoms with van der Waals surface area (Å²) in [7, 11) is 2.97. The number of carbonyl (C=O) groups excluding carboxylic acids is 2. The molecule has 0 bridgehead atoms. The lowest BCUT2D eigenvalue weighted by Crippen LogP contribution is -2.53. The molecule has 1 rings (SSSR count). The molecule has 1 atom stereocenters. The number of nitrogens with one attached hydrogen (secondary N) is 1. The van der Waals surface area contributed by atoms with Crippen LogP contribution in [0.5, 0.6) is 0 Å². The van der Waals surface area contributed by atoms with E-state index in [2.05, 4.69) is 5.32 Å². The molecule has 18 heavy (non-hydrogen) atoms. The van der Waals surface area contributed by atoms with Crippen LogP contribution in [0.3, 0.4) is 0 Å². The molecule has 8 nitrogen and oxygen atoms in total. The number of urea groups is 1. The topological polar surface area (TPSA) is 99.2 Å². The van der Waals surface area contributed by atoms with E-state index < -0.39 is 12.1 Å². The molecule has 0 spiro atoms. The van der Waals surface area contributed by atoms with Crippen LogP contribution in [-0.2, 0) is 14.3 Å². The average Bonchev–Trinajstić information content (AvgIpc) is 2.37. The zero-order valence-corrected chi connectivity index (χ0v) is 10.4. The first kappa shape index (κ1) is 14.2. The second-order valence-electron chi connectivity index (χ2n) is 3.96. The summed E-state index contributed by atoms with van der Waals surface area (Å²) in [6.45, 7) is 0.425. The Morgan fingerprint density at radius 1 is 1.50 bits per heavy atom. The van der Waals surface area contributed by atoms with E-state index in [-0.39, 0.29) is 31.6 Å². The molecule has 0 aromatic carbocycles. The Hall–Kier alpha value is -1.83. The van der Waals surface area contributed by atoms with Gasteiger partial charge in [-0.05, 0) is 0 Å². The van der Waals surface area contributed by atoms with Crippen molar-refractivity contribution in [2.24, 2.45) is 0 Å². The van der Waals surface area contributed by atoms with Crippen molar-refractivity contribution < 1.29 is 24.2 Å². The van der Waals surface area contributed by atoms with Crippen LogP contribution in [0.4, 0.5) is 4.79 Å². The molecule has 2 N–H and O–H groups in total. The van der Waals surface area contributed by atoms with Crippen LogP contribution < -0.4 is 5.32 Å². The molecule has 0 aliphatic carbocycles. The van der Waals surface area contributed by atoms with Crippen molar-refractivity contribution in [2.75, 3.05) is 40.3 Å². The van der Waals surface area contributed by atoms with Gasteiger partial charge in [-0.15, -0.1) is 0 Å². The van der Waals surface area contributed by atoms with Gasteiger partial charge in [0, 0.05) is 20.6 Å². The van der Waals surface area contributed by atoms with Gasteiger partial charge in [-0.1, -0.05) is 0 Å². The van der Waals surface area contributed by atoms with Gasteiger partial charge in [-0.25, -0.2) is 9.59 Å². The molecule has 1 fully saturated rings. The molecule has 0 saturated carbocycles. The lowest BCUT2D eigenvalue weighted by atomic mass is 10.3. The number of rotatable bonds is 3. The average molecular weight is 259 g/mol. The number of hydrogen-bond donors (Lipinski definition) is 2. The normalized spacial score (nSPS) is 19.2. The lowest BCUT2D eigenvalue weighted by Gasteiger charge is -2.33. The summed E-state index contributed by atoms with van der Waals surface area (Å²) in [5.41, 5.74) is 0. The highest BCUT2D eigenvalue weighted by molar-refractivity contribution is 5.84. The summed E-state index contributed by atoms with van der Waals surface area (Å²) in [5, 5.41) is 11.2. The number of aliphatic carboxylic acids is 1. The summed E-state index contributed by atoms with van der Waals surface area (Å²) in [4.78, 5) is 36.5. The second-order valence-corrected chi connectivity index (χ2v) is 3.96. The van der Waals surface area contributed by atoms with Gasteiger partial charge in [0.1, 0.15) is 6.54 Å². The zero-order chi connectivity index (χ0) is 13.7. The van der Waals surface area contributed by atoms with Gasteiger partial charge in [-0.3, -0.25) is 4.79 Å². The summed E-state index contributed by atoms with van der Waals surface area (Å²) in [6, 6.07) is -0.381. The quantitative estimate of drug-likeness (QED) is 0.647. The van der Waals surface area contributed by atoms with Crippen molar-refractivity contribution in [3.8, 4) is 0 Å². The largest absolute Gasteiger partial charge is 0.479 e. The van der Waals surface area contributed by atoms with Gasteiger partial charge in [0.25, 0.3) is 0 Å². The van der Waals surface area contributed by atoms with Crippen LogP contribution in [0.25, 0.3) is 0 Å². The molecule has 0 aromatic rings. The number of carboxylic acids is 1. The van der Waals surface area contributed by atoms with Crippen molar-refractivity contribution >= 4 is 17.9 Å². The highest BCUT2D eigenvalue weighted by atomic mass is 16.5. The maximum Gasteiger partial charge on any atom is 0.334 e. The number of carbonyl (C=O) groups is 3. The first-order valence-electron chi connectivity index (χ1n) is 5.50. The number of likely N-dealkylation sites (N-methyl/N-ethyl adjacent to an activating group) is 2. The molecule has 102 valence electrons. The van der Waals surface area contributed by atoms with Crippen LogP contribution in [0.2, 0.25) is 0 Å². The van der Waals surface area contributed by atoms with E-state index in [0.717, 1.165) is 0 Å². The predicted octanol–water partition coefficient (Wildman–Crippen LogP) is -1.43. The minimum atomic E-state index is -1.10. The van der Waals surface area contributed by atoms with E-state index in [1.165, 1.54) is 23.9 Å². The van der Waals surface area contributed by atoms with E-state index in [1.54, 1.807) is 0 Å². The van der Waals surface area contributed by atoms with E-state index in [0.29, 0.717) is 6.54 Å². The molecule has 1 heterocycles. The van der Waals surface area contributed by atoms with Gasteiger partial charge in [0.2, 0.25) is 5.91 Å². The Balaban J connectivity index is 2.55. The predicted molar refractivity (Wildman–Crippen MR) is 61.0 cm³/mol. The minimum Gasteiger partial charge on any atom is -0.479 e. The summed E-state index contributed by atoms with van der Waals surface area (Å²) >= 11 is 0. The fourth-order valence-corrected chi connectivity index (χ4v) is 1.58. The SMILES string of the molecule is CNC(=O)CN(C)C(=O)N1CCOC(C(=O)O)C1. The molecule has 1 saturated heterocycles. The molecular formula is C10H17N3O5. The molecule has 1 unspecified atom stereocenters. The summed E-state index contributed by atoms with van der Waals surface area (Å²) < 4.78 is 5.01. The number of morpholine rings is 1. The lowest BCUT2D eigenvalue weighted by molar-refractivity contribution is -0.154. The summed E-state index contributed by atoms with van der Waals surface area (Å²) in [5.74, 6) is -1.38. The van der Waals surface area contributed by atoms with Gasteiger partial charge < -0.3 is 25.0 Å². The van der Waals surface area contributed by atoms with Crippen molar-refractivity contribution in [1.29, 1.82) is 0 Å². The molecule has 1 aliphatic heterocycles. The van der Waals surface area contributed by atoms with Gasteiger partial charge in [0.15, 0.2) is 6.10 Å². The third kappa shape index (κ3) is 3.59. The van der Waals surface area contributed by atoms with Crippen molar-refractivity contribution in [2.45, 2.75) is 6.10 Å². The van der Waals surface area contributed by atoms with Gasteiger partial charge in [0.05, 0.1) is 13.2 Å². The summed E-state index contributed by atoms with van der Waals surface area (Å²) in [6.07, 6.45) is -1.00. The number of ether oxygens (including phenoxy) is 1. The van der Waals surface area contributed by atoms with Gasteiger partial charge in [-0.2, -0.15) is 0 Å². The molecule has 1 aliphatic rings. The Kier molecular flexibility index (Phi) is 4.90.